The number of halogens is 2. The van der Waals surface area contributed by atoms with E-state index < -0.39 is 0 Å². The lowest BCUT2D eigenvalue weighted by molar-refractivity contribution is 0.628. The smallest absolute Gasteiger partial charge is 0.125 e. The van der Waals surface area contributed by atoms with Crippen molar-refractivity contribution in [1.82, 2.24) is 5.32 Å². The Bertz CT molecular complexity index is 561. The molecule has 0 aliphatic heterocycles. The van der Waals surface area contributed by atoms with Crippen LogP contribution in [0, 0.1) is 12.7 Å². The number of nitrogens with one attached hydrogen (secondary N) is 1. The van der Waals surface area contributed by atoms with E-state index >= 15 is 0 Å². The third-order valence-corrected chi connectivity index (χ3v) is 3.26. The first-order valence-corrected chi connectivity index (χ1v) is 6.74. The fourth-order valence-electron chi connectivity index (χ4n) is 2.14. The molecule has 0 unspecified atom stereocenters. The third-order valence-electron chi connectivity index (χ3n) is 3.04. The largest absolute Gasteiger partial charge is 0.313 e. The highest BCUT2D eigenvalue weighted by Crippen LogP contribution is 2.27. The predicted octanol–water partition coefficient (Wildman–Crippen LogP) is 4.56. The third kappa shape index (κ3) is 3.55. The van der Waals surface area contributed by atoms with Crippen molar-refractivity contribution in [3.8, 4) is 11.1 Å². The van der Waals surface area contributed by atoms with Gasteiger partial charge in [-0.2, -0.15) is 0 Å². The van der Waals surface area contributed by atoms with Crippen molar-refractivity contribution in [2.45, 2.75) is 20.4 Å². The Labute approximate surface area is 118 Å². The zero-order chi connectivity index (χ0) is 13.8. The monoisotopic (exact) mass is 277 g/mol. The molecule has 0 atom stereocenters. The maximum Gasteiger partial charge on any atom is 0.125 e. The Balaban J connectivity index is 2.34. The van der Waals surface area contributed by atoms with E-state index in [4.69, 9.17) is 11.6 Å². The zero-order valence-electron chi connectivity index (χ0n) is 11.1. The van der Waals surface area contributed by atoms with Gasteiger partial charge in [0.1, 0.15) is 5.82 Å². The molecule has 0 aliphatic carbocycles. The van der Waals surface area contributed by atoms with Crippen molar-refractivity contribution in [2.75, 3.05) is 6.54 Å². The van der Waals surface area contributed by atoms with Gasteiger partial charge < -0.3 is 5.32 Å². The molecule has 0 aliphatic rings. The van der Waals surface area contributed by atoms with Crippen LogP contribution < -0.4 is 5.32 Å². The molecule has 1 N–H and O–H groups in total. The number of hydrogen-bond donors (Lipinski definition) is 1. The molecule has 19 heavy (non-hydrogen) atoms. The summed E-state index contributed by atoms with van der Waals surface area (Å²) >= 11 is 5.90. The van der Waals surface area contributed by atoms with E-state index in [1.165, 1.54) is 17.7 Å². The van der Waals surface area contributed by atoms with Crippen LogP contribution in [0.1, 0.15) is 18.1 Å². The van der Waals surface area contributed by atoms with Crippen LogP contribution in [-0.2, 0) is 6.54 Å². The number of hydrogen-bond acceptors (Lipinski definition) is 1. The van der Waals surface area contributed by atoms with Crippen molar-refractivity contribution in [2.24, 2.45) is 0 Å². The maximum atomic E-state index is 13.4. The summed E-state index contributed by atoms with van der Waals surface area (Å²) in [5.41, 5.74) is 4.18. The van der Waals surface area contributed by atoms with E-state index in [-0.39, 0.29) is 5.82 Å². The van der Waals surface area contributed by atoms with Gasteiger partial charge in [-0.3, -0.25) is 0 Å². The van der Waals surface area contributed by atoms with Crippen molar-refractivity contribution in [1.29, 1.82) is 0 Å². The molecule has 0 aromatic heterocycles. The minimum absolute atomic E-state index is 0.307. The fraction of sp³-hybridized carbons (Fsp3) is 0.250. The van der Waals surface area contributed by atoms with E-state index in [0.717, 1.165) is 29.8 Å². The highest BCUT2D eigenvalue weighted by atomic mass is 35.5. The lowest BCUT2D eigenvalue weighted by Gasteiger charge is -2.10. The van der Waals surface area contributed by atoms with Gasteiger partial charge in [-0.15, -0.1) is 0 Å². The molecule has 0 fully saturated rings. The second-order valence-electron chi connectivity index (χ2n) is 4.59. The first kappa shape index (κ1) is 14.0. The standard InChI is InChI=1S/C16H17ClFN/c1-3-19-10-12-4-5-16(11(2)6-12)13-7-14(17)9-15(18)8-13/h4-9,19H,3,10H2,1-2H3. The molecule has 0 spiro atoms. The van der Waals surface area contributed by atoms with Crippen LogP contribution in [0.4, 0.5) is 4.39 Å². The van der Waals surface area contributed by atoms with Crippen molar-refractivity contribution in [3.63, 3.8) is 0 Å². The van der Waals surface area contributed by atoms with Gasteiger partial charge in [0.15, 0.2) is 0 Å². The summed E-state index contributed by atoms with van der Waals surface area (Å²) in [6.45, 7) is 5.90. The number of rotatable bonds is 4. The first-order chi connectivity index (χ1) is 9.10. The van der Waals surface area contributed by atoms with Crippen LogP contribution in [0.15, 0.2) is 36.4 Å². The molecule has 0 bridgehead atoms. The molecule has 1 nitrogen and oxygen atoms in total. The van der Waals surface area contributed by atoms with E-state index in [9.17, 15) is 4.39 Å². The summed E-state index contributed by atoms with van der Waals surface area (Å²) in [4.78, 5) is 0. The van der Waals surface area contributed by atoms with Gasteiger partial charge in [0.05, 0.1) is 0 Å². The number of benzene rings is 2. The van der Waals surface area contributed by atoms with Gasteiger partial charge >= 0.3 is 0 Å². The SMILES string of the molecule is CCNCc1ccc(-c2cc(F)cc(Cl)c2)c(C)c1. The molecule has 2 aromatic rings. The van der Waals surface area contributed by atoms with Crippen LogP contribution in [0.3, 0.4) is 0 Å². The van der Waals surface area contributed by atoms with Crippen molar-refractivity contribution < 1.29 is 4.39 Å². The van der Waals surface area contributed by atoms with E-state index in [1.807, 2.05) is 13.0 Å². The summed E-state index contributed by atoms with van der Waals surface area (Å²) in [6.07, 6.45) is 0. The Morgan fingerprint density at radius 2 is 1.95 bits per heavy atom. The van der Waals surface area contributed by atoms with Gasteiger partial charge in [-0.1, -0.05) is 36.7 Å². The minimum Gasteiger partial charge on any atom is -0.313 e. The van der Waals surface area contributed by atoms with Crippen LogP contribution in [-0.4, -0.2) is 6.54 Å². The predicted molar refractivity (Wildman–Crippen MR) is 79.0 cm³/mol. The molecule has 2 aromatic carbocycles. The van der Waals surface area contributed by atoms with Crippen LogP contribution in [0.5, 0.6) is 0 Å². The van der Waals surface area contributed by atoms with Crippen LogP contribution >= 0.6 is 11.6 Å². The Morgan fingerprint density at radius 3 is 2.58 bits per heavy atom. The summed E-state index contributed by atoms with van der Waals surface area (Å²) in [6, 6.07) is 10.8. The Kier molecular flexibility index (Phi) is 4.56. The van der Waals surface area contributed by atoms with Gasteiger partial charge in [0.25, 0.3) is 0 Å². The Hall–Kier alpha value is -1.38. The average Bonchev–Trinajstić information content (AvgIpc) is 2.35. The van der Waals surface area contributed by atoms with Crippen molar-refractivity contribution in [3.05, 3.63) is 58.4 Å². The lowest BCUT2D eigenvalue weighted by atomic mass is 9.98. The van der Waals surface area contributed by atoms with E-state index in [0.29, 0.717) is 5.02 Å². The molecule has 2 rings (SSSR count). The van der Waals surface area contributed by atoms with Gasteiger partial charge in [0.2, 0.25) is 0 Å². The minimum atomic E-state index is -0.307. The summed E-state index contributed by atoms with van der Waals surface area (Å²) < 4.78 is 13.4. The average molecular weight is 278 g/mol. The lowest BCUT2D eigenvalue weighted by Crippen LogP contribution is -2.11. The Morgan fingerprint density at radius 1 is 1.16 bits per heavy atom. The second kappa shape index (κ2) is 6.18. The summed E-state index contributed by atoms with van der Waals surface area (Å²) in [5.74, 6) is -0.307. The molecule has 0 amide bonds. The molecular weight excluding hydrogens is 261 g/mol. The zero-order valence-corrected chi connectivity index (χ0v) is 11.9. The van der Waals surface area contributed by atoms with E-state index in [2.05, 4.69) is 24.4 Å². The highest BCUT2D eigenvalue weighted by Gasteiger charge is 2.06. The van der Waals surface area contributed by atoms with Crippen LogP contribution in [0.25, 0.3) is 11.1 Å². The molecular formula is C16H17ClFN. The van der Waals surface area contributed by atoms with Gasteiger partial charge in [-0.05, 0) is 53.9 Å². The number of aryl methyl sites for hydroxylation is 1. The summed E-state index contributed by atoms with van der Waals surface area (Å²) in [7, 11) is 0. The highest BCUT2D eigenvalue weighted by molar-refractivity contribution is 6.30. The molecule has 0 saturated heterocycles. The van der Waals surface area contributed by atoms with Crippen LogP contribution in [0.2, 0.25) is 5.02 Å². The normalized spacial score (nSPS) is 10.7. The fourth-order valence-corrected chi connectivity index (χ4v) is 2.36. The molecule has 3 heteroatoms. The molecule has 0 radical (unpaired) electrons. The topological polar surface area (TPSA) is 12.0 Å². The van der Waals surface area contributed by atoms with Crippen molar-refractivity contribution >= 4 is 11.6 Å². The molecule has 0 saturated carbocycles. The maximum absolute atomic E-state index is 13.4. The van der Waals surface area contributed by atoms with E-state index in [1.54, 1.807) is 6.07 Å². The summed E-state index contributed by atoms with van der Waals surface area (Å²) in [5, 5.41) is 3.71. The molecule has 0 heterocycles. The van der Waals surface area contributed by atoms with Gasteiger partial charge in [0, 0.05) is 11.6 Å². The molecule has 100 valence electrons. The first-order valence-electron chi connectivity index (χ1n) is 6.37. The quantitative estimate of drug-likeness (QED) is 0.864. The van der Waals surface area contributed by atoms with Gasteiger partial charge in [-0.25, -0.2) is 4.39 Å². The second-order valence-corrected chi connectivity index (χ2v) is 5.02.